The van der Waals surface area contributed by atoms with Crippen LogP contribution in [0.15, 0.2) is 47.9 Å². The average Bonchev–Trinajstić information content (AvgIpc) is 3.13. The highest BCUT2D eigenvalue weighted by Crippen LogP contribution is 2.28. The number of hydrogen-bond acceptors (Lipinski definition) is 6. The molecule has 0 saturated heterocycles. The monoisotopic (exact) mass is 383 g/mol. The molecule has 0 radical (unpaired) electrons. The van der Waals surface area contributed by atoms with E-state index in [1.165, 1.54) is 24.4 Å². The minimum Gasteiger partial charge on any atom is -0.497 e. The summed E-state index contributed by atoms with van der Waals surface area (Å²) in [6.45, 7) is 4.10. The van der Waals surface area contributed by atoms with Gasteiger partial charge in [-0.25, -0.2) is 0 Å². The molecule has 7 heteroatoms. The Bertz CT molecular complexity index is 969. The van der Waals surface area contributed by atoms with Crippen LogP contribution < -0.4 is 9.47 Å². The number of hydrogen-bond donors (Lipinski definition) is 0. The second kappa shape index (κ2) is 8.26. The summed E-state index contributed by atoms with van der Waals surface area (Å²) in [4.78, 5) is 12.7. The number of nitrogens with zero attached hydrogens (tertiary/aromatic N) is 3. The summed E-state index contributed by atoms with van der Waals surface area (Å²) in [5, 5.41) is 8.84. The molecule has 0 saturated carbocycles. The number of ether oxygens (including phenoxy) is 2. The van der Waals surface area contributed by atoms with Gasteiger partial charge < -0.3 is 9.47 Å². The number of rotatable bonds is 7. The van der Waals surface area contributed by atoms with Gasteiger partial charge in [-0.15, -0.1) is 10.2 Å². The van der Waals surface area contributed by atoms with Gasteiger partial charge in [0.1, 0.15) is 17.8 Å². The summed E-state index contributed by atoms with van der Waals surface area (Å²) in [6.07, 6.45) is 1.67. The Labute approximate surface area is 162 Å². The Balaban J connectivity index is 1.78. The molecule has 0 aliphatic rings. The third kappa shape index (κ3) is 4.14. The van der Waals surface area contributed by atoms with Crippen LogP contribution in [0.25, 0.3) is 5.69 Å². The Kier molecular flexibility index (Phi) is 5.81. The number of benzene rings is 2. The lowest BCUT2D eigenvalue weighted by Crippen LogP contribution is -2.07. The fourth-order valence-corrected chi connectivity index (χ4v) is 3.61. The van der Waals surface area contributed by atoms with Crippen molar-refractivity contribution in [1.29, 1.82) is 0 Å². The van der Waals surface area contributed by atoms with Crippen molar-refractivity contribution in [3.8, 4) is 17.2 Å². The van der Waals surface area contributed by atoms with Crippen molar-refractivity contribution < 1.29 is 14.3 Å². The second-order valence-corrected chi connectivity index (χ2v) is 6.99. The molecule has 0 fully saturated rings. The maximum absolute atomic E-state index is 12.7. The molecule has 0 unspecified atom stereocenters. The van der Waals surface area contributed by atoms with Crippen LogP contribution in [0.4, 0.5) is 0 Å². The Morgan fingerprint density at radius 1 is 1.11 bits per heavy atom. The number of Topliss-reactive ketones (excluding diaryl/α,β-unsaturated/α-hetero) is 1. The molecule has 0 atom stereocenters. The van der Waals surface area contributed by atoms with Gasteiger partial charge in [-0.05, 0) is 37.6 Å². The predicted octanol–water partition coefficient (Wildman–Crippen LogP) is 3.88. The van der Waals surface area contributed by atoms with E-state index >= 15 is 0 Å². The van der Waals surface area contributed by atoms with Crippen molar-refractivity contribution in [2.75, 3.05) is 20.0 Å². The zero-order valence-electron chi connectivity index (χ0n) is 15.7. The van der Waals surface area contributed by atoms with E-state index in [-0.39, 0.29) is 11.5 Å². The fraction of sp³-hybridized carbons (Fsp3) is 0.250. The van der Waals surface area contributed by atoms with Crippen LogP contribution in [-0.4, -0.2) is 40.5 Å². The van der Waals surface area contributed by atoms with E-state index in [1.54, 1.807) is 31.6 Å². The van der Waals surface area contributed by atoms with E-state index in [1.807, 2.05) is 23.6 Å². The summed E-state index contributed by atoms with van der Waals surface area (Å²) in [5.74, 6) is 1.32. The predicted molar refractivity (Wildman–Crippen MR) is 105 cm³/mol. The van der Waals surface area contributed by atoms with Crippen LogP contribution in [0, 0.1) is 13.8 Å². The van der Waals surface area contributed by atoms with E-state index in [4.69, 9.17) is 9.47 Å². The largest absolute Gasteiger partial charge is 0.497 e. The minimum atomic E-state index is -0.0466. The van der Waals surface area contributed by atoms with E-state index in [2.05, 4.69) is 23.2 Å². The van der Waals surface area contributed by atoms with Crippen molar-refractivity contribution in [3.63, 3.8) is 0 Å². The first-order valence-corrected chi connectivity index (χ1v) is 9.37. The molecule has 0 bridgehead atoms. The van der Waals surface area contributed by atoms with Crippen molar-refractivity contribution >= 4 is 17.5 Å². The zero-order chi connectivity index (χ0) is 19.4. The topological polar surface area (TPSA) is 66.2 Å². The lowest BCUT2D eigenvalue weighted by Gasteiger charge is -2.11. The number of carbonyl (C=O) groups excluding carboxylic acids is 1. The van der Waals surface area contributed by atoms with Crippen LogP contribution in [0.1, 0.15) is 21.5 Å². The molecule has 27 heavy (non-hydrogen) atoms. The lowest BCUT2D eigenvalue weighted by atomic mass is 10.1. The van der Waals surface area contributed by atoms with Gasteiger partial charge in [0.15, 0.2) is 10.9 Å². The van der Waals surface area contributed by atoms with Gasteiger partial charge in [0.05, 0.1) is 31.2 Å². The van der Waals surface area contributed by atoms with Gasteiger partial charge >= 0.3 is 0 Å². The second-order valence-electron chi connectivity index (χ2n) is 6.05. The van der Waals surface area contributed by atoms with E-state index in [9.17, 15) is 4.79 Å². The molecule has 140 valence electrons. The molecule has 0 aliphatic carbocycles. The third-order valence-corrected chi connectivity index (χ3v) is 5.11. The Morgan fingerprint density at radius 2 is 1.93 bits per heavy atom. The smallest absolute Gasteiger partial charge is 0.196 e. The van der Waals surface area contributed by atoms with Gasteiger partial charge in [-0.3, -0.25) is 9.36 Å². The molecule has 3 rings (SSSR count). The molecule has 2 aromatic carbocycles. The quantitative estimate of drug-likeness (QED) is 0.456. The van der Waals surface area contributed by atoms with E-state index in [0.29, 0.717) is 22.2 Å². The van der Waals surface area contributed by atoms with Crippen molar-refractivity contribution in [2.24, 2.45) is 0 Å². The fourth-order valence-electron chi connectivity index (χ4n) is 2.80. The highest BCUT2D eigenvalue weighted by molar-refractivity contribution is 7.99. The van der Waals surface area contributed by atoms with Crippen molar-refractivity contribution in [2.45, 2.75) is 19.0 Å². The molecule has 0 amide bonds. The van der Waals surface area contributed by atoms with Crippen molar-refractivity contribution in [3.05, 3.63) is 59.4 Å². The first kappa shape index (κ1) is 19.0. The number of ketones is 1. The molecule has 0 N–H and O–H groups in total. The van der Waals surface area contributed by atoms with Crippen LogP contribution >= 0.6 is 11.8 Å². The van der Waals surface area contributed by atoms with Gasteiger partial charge in [0.25, 0.3) is 0 Å². The molecule has 1 heterocycles. The van der Waals surface area contributed by atoms with Crippen LogP contribution in [0.3, 0.4) is 0 Å². The number of thioether (sulfide) groups is 1. The summed E-state index contributed by atoms with van der Waals surface area (Å²) in [5.41, 5.74) is 3.84. The number of aromatic nitrogens is 3. The number of aryl methyl sites for hydroxylation is 2. The first-order chi connectivity index (χ1) is 13.0. The van der Waals surface area contributed by atoms with Crippen LogP contribution in [0.2, 0.25) is 0 Å². The molecule has 1 aromatic heterocycles. The van der Waals surface area contributed by atoms with Gasteiger partial charge in [-0.1, -0.05) is 29.5 Å². The Hall–Kier alpha value is -2.80. The van der Waals surface area contributed by atoms with Crippen LogP contribution in [-0.2, 0) is 0 Å². The molecule has 0 spiro atoms. The minimum absolute atomic E-state index is 0.0466. The molecule has 0 aliphatic heterocycles. The average molecular weight is 383 g/mol. The van der Waals surface area contributed by atoms with Gasteiger partial charge in [-0.2, -0.15) is 0 Å². The third-order valence-electron chi connectivity index (χ3n) is 4.17. The maximum Gasteiger partial charge on any atom is 0.196 e. The summed E-state index contributed by atoms with van der Waals surface area (Å²) < 4.78 is 12.4. The standard InChI is InChI=1S/C20H21N3O3S/c1-13-5-8-17(14(2)9-13)23-12-21-22-20(23)27-11-18(24)16-7-6-15(25-3)10-19(16)26-4/h5-10,12H,11H2,1-4H3. The summed E-state index contributed by atoms with van der Waals surface area (Å²) in [7, 11) is 3.11. The van der Waals surface area contributed by atoms with E-state index in [0.717, 1.165) is 11.3 Å². The molecular formula is C20H21N3O3S. The molecule has 6 nitrogen and oxygen atoms in total. The normalized spacial score (nSPS) is 10.7. The Morgan fingerprint density at radius 3 is 2.63 bits per heavy atom. The van der Waals surface area contributed by atoms with Gasteiger partial charge in [0.2, 0.25) is 0 Å². The molecule has 3 aromatic rings. The highest BCUT2D eigenvalue weighted by Gasteiger charge is 2.16. The lowest BCUT2D eigenvalue weighted by molar-refractivity contribution is 0.101. The summed E-state index contributed by atoms with van der Waals surface area (Å²) in [6, 6.07) is 11.4. The van der Waals surface area contributed by atoms with E-state index < -0.39 is 0 Å². The van der Waals surface area contributed by atoms with Gasteiger partial charge in [0, 0.05) is 6.07 Å². The highest BCUT2D eigenvalue weighted by atomic mass is 32.2. The first-order valence-electron chi connectivity index (χ1n) is 8.39. The SMILES string of the molecule is COc1ccc(C(=O)CSc2nncn2-c2ccc(C)cc2C)c(OC)c1. The zero-order valence-corrected chi connectivity index (χ0v) is 16.5. The maximum atomic E-state index is 12.7. The number of methoxy groups -OCH3 is 2. The summed E-state index contributed by atoms with van der Waals surface area (Å²) >= 11 is 1.35. The van der Waals surface area contributed by atoms with Crippen LogP contribution in [0.5, 0.6) is 11.5 Å². The number of carbonyl (C=O) groups is 1. The molecular weight excluding hydrogens is 362 g/mol. The van der Waals surface area contributed by atoms with Crippen molar-refractivity contribution in [1.82, 2.24) is 14.8 Å².